The third-order valence-corrected chi connectivity index (χ3v) is 5.80. The van der Waals surface area contributed by atoms with Gasteiger partial charge < -0.3 is 14.4 Å². The van der Waals surface area contributed by atoms with Gasteiger partial charge in [0.05, 0.1) is 13.2 Å². The van der Waals surface area contributed by atoms with Crippen LogP contribution in [-0.4, -0.2) is 30.6 Å². The van der Waals surface area contributed by atoms with Crippen LogP contribution in [0.4, 0.5) is 0 Å². The highest BCUT2D eigenvalue weighted by Gasteiger charge is 2.18. The summed E-state index contributed by atoms with van der Waals surface area (Å²) >= 11 is 0. The molecule has 33 heavy (non-hydrogen) atoms. The lowest BCUT2D eigenvalue weighted by Gasteiger charge is -2.25. The largest absolute Gasteiger partial charge is 0.497 e. The molecule has 0 aromatic heterocycles. The monoisotopic (exact) mass is 445 g/mol. The average molecular weight is 446 g/mol. The van der Waals surface area contributed by atoms with Gasteiger partial charge in [-0.2, -0.15) is 0 Å². The Morgan fingerprint density at radius 2 is 1.39 bits per heavy atom. The van der Waals surface area contributed by atoms with Crippen molar-refractivity contribution in [2.24, 2.45) is 0 Å². The zero-order valence-corrected chi connectivity index (χ0v) is 20.4. The fourth-order valence-electron chi connectivity index (χ4n) is 3.96. The highest BCUT2D eigenvalue weighted by atomic mass is 16.5. The van der Waals surface area contributed by atoms with Crippen LogP contribution < -0.4 is 9.47 Å². The molecule has 0 fully saturated rings. The van der Waals surface area contributed by atoms with Crippen molar-refractivity contribution in [1.82, 2.24) is 4.90 Å². The molecule has 0 heterocycles. The van der Waals surface area contributed by atoms with Crippen LogP contribution >= 0.6 is 0 Å². The van der Waals surface area contributed by atoms with Gasteiger partial charge in [-0.15, -0.1) is 0 Å². The van der Waals surface area contributed by atoms with Gasteiger partial charge in [0.15, 0.2) is 0 Å². The Morgan fingerprint density at radius 3 is 1.91 bits per heavy atom. The number of methoxy groups -OCH3 is 1. The molecule has 3 aromatic rings. The number of aryl methyl sites for hydroxylation is 1. The van der Waals surface area contributed by atoms with Gasteiger partial charge in [-0.25, -0.2) is 0 Å². The van der Waals surface area contributed by atoms with E-state index in [1.165, 1.54) is 16.7 Å². The fraction of sp³-hybridized carbons (Fsp3) is 0.345. The summed E-state index contributed by atoms with van der Waals surface area (Å²) in [7, 11) is 1.66. The molecule has 0 saturated carbocycles. The number of nitrogens with zero attached hydrogens (tertiary/aromatic N) is 1. The molecular weight excluding hydrogens is 410 g/mol. The van der Waals surface area contributed by atoms with Crippen LogP contribution in [0.3, 0.4) is 0 Å². The first-order valence-electron chi connectivity index (χ1n) is 11.6. The summed E-state index contributed by atoms with van der Waals surface area (Å²) in [6, 6.07) is 24.9. The SMILES string of the molecule is COc1ccc(CN(CC[C@@H](c2ccc(C)cc2)c2ccc(OC(C)C)cc2)C(C)=O)cc1. The number of hydrogen-bond donors (Lipinski definition) is 0. The maximum atomic E-state index is 12.4. The molecule has 4 nitrogen and oxygen atoms in total. The smallest absolute Gasteiger partial charge is 0.219 e. The number of amides is 1. The molecule has 4 heteroatoms. The van der Waals surface area contributed by atoms with Crippen LogP contribution in [0, 0.1) is 6.92 Å². The predicted molar refractivity (Wildman–Crippen MR) is 134 cm³/mol. The first-order chi connectivity index (χ1) is 15.9. The molecular formula is C29H35NO3. The topological polar surface area (TPSA) is 38.8 Å². The maximum Gasteiger partial charge on any atom is 0.219 e. The van der Waals surface area contributed by atoms with Crippen molar-refractivity contribution in [2.75, 3.05) is 13.7 Å². The van der Waals surface area contributed by atoms with E-state index in [0.29, 0.717) is 13.1 Å². The van der Waals surface area contributed by atoms with Gasteiger partial charge in [-0.1, -0.05) is 54.1 Å². The molecule has 0 bridgehead atoms. The van der Waals surface area contributed by atoms with Crippen LogP contribution in [0.2, 0.25) is 0 Å². The van der Waals surface area contributed by atoms with Crippen molar-refractivity contribution >= 4 is 5.91 Å². The summed E-state index contributed by atoms with van der Waals surface area (Å²) in [6.45, 7) is 9.06. The molecule has 3 rings (SSSR count). The molecule has 0 spiro atoms. The van der Waals surface area contributed by atoms with Crippen LogP contribution in [0.15, 0.2) is 72.8 Å². The quantitative estimate of drug-likeness (QED) is 0.364. The van der Waals surface area contributed by atoms with E-state index in [-0.39, 0.29) is 17.9 Å². The number of ether oxygens (including phenoxy) is 2. The number of rotatable bonds is 10. The van der Waals surface area contributed by atoms with Crippen LogP contribution in [-0.2, 0) is 11.3 Å². The highest BCUT2D eigenvalue weighted by Crippen LogP contribution is 2.30. The zero-order valence-electron chi connectivity index (χ0n) is 20.4. The van der Waals surface area contributed by atoms with E-state index in [1.807, 2.05) is 55.1 Å². The van der Waals surface area contributed by atoms with Gasteiger partial charge in [0.2, 0.25) is 5.91 Å². The van der Waals surface area contributed by atoms with Gasteiger partial charge in [-0.05, 0) is 68.1 Å². The van der Waals surface area contributed by atoms with E-state index in [4.69, 9.17) is 9.47 Å². The van der Waals surface area contributed by atoms with Crippen molar-refractivity contribution in [3.63, 3.8) is 0 Å². The van der Waals surface area contributed by atoms with Gasteiger partial charge >= 0.3 is 0 Å². The normalized spacial score (nSPS) is 11.8. The molecule has 0 aliphatic carbocycles. The van der Waals surface area contributed by atoms with E-state index in [2.05, 4.69) is 43.3 Å². The van der Waals surface area contributed by atoms with Crippen molar-refractivity contribution < 1.29 is 14.3 Å². The minimum atomic E-state index is 0.0779. The molecule has 0 saturated heterocycles. The third-order valence-electron chi connectivity index (χ3n) is 5.80. The van der Waals surface area contributed by atoms with Crippen molar-refractivity contribution in [3.8, 4) is 11.5 Å². The molecule has 1 atom stereocenters. The number of hydrogen-bond acceptors (Lipinski definition) is 3. The Hall–Kier alpha value is -3.27. The van der Waals surface area contributed by atoms with Crippen LogP contribution in [0.5, 0.6) is 11.5 Å². The number of benzene rings is 3. The summed E-state index contributed by atoms with van der Waals surface area (Å²) in [5, 5.41) is 0. The predicted octanol–water partition coefficient (Wildman–Crippen LogP) is 6.36. The minimum absolute atomic E-state index is 0.0779. The number of carbonyl (C=O) groups is 1. The zero-order chi connectivity index (χ0) is 23.8. The van der Waals surface area contributed by atoms with E-state index in [1.54, 1.807) is 14.0 Å². The third kappa shape index (κ3) is 7.11. The van der Waals surface area contributed by atoms with Crippen molar-refractivity contribution in [1.29, 1.82) is 0 Å². The molecule has 0 N–H and O–H groups in total. The first-order valence-corrected chi connectivity index (χ1v) is 11.6. The van der Waals surface area contributed by atoms with Crippen LogP contribution in [0.1, 0.15) is 55.4 Å². The standard InChI is InChI=1S/C29H35NO3/c1-21(2)33-28-16-12-26(13-17-28)29(25-10-6-22(3)7-11-25)18-19-30(23(4)31)20-24-8-14-27(32-5)15-9-24/h6-17,21,29H,18-20H2,1-5H3/t29-/m0/s1. The Kier molecular flexibility index (Phi) is 8.53. The van der Waals surface area contributed by atoms with E-state index < -0.39 is 0 Å². The fourth-order valence-corrected chi connectivity index (χ4v) is 3.96. The van der Waals surface area contributed by atoms with Crippen molar-refractivity contribution in [3.05, 3.63) is 95.1 Å². The Labute approximate surface area is 198 Å². The van der Waals surface area contributed by atoms with Gasteiger partial charge in [0, 0.05) is 25.9 Å². The highest BCUT2D eigenvalue weighted by molar-refractivity contribution is 5.73. The lowest BCUT2D eigenvalue weighted by atomic mass is 9.88. The molecule has 0 aliphatic heterocycles. The summed E-state index contributed by atoms with van der Waals surface area (Å²) in [6.07, 6.45) is 0.981. The molecule has 174 valence electrons. The summed E-state index contributed by atoms with van der Waals surface area (Å²) in [4.78, 5) is 14.3. The molecule has 3 aromatic carbocycles. The summed E-state index contributed by atoms with van der Waals surface area (Å²) < 4.78 is 11.1. The second-order valence-electron chi connectivity index (χ2n) is 8.78. The van der Waals surface area contributed by atoms with Crippen molar-refractivity contribution in [2.45, 2.75) is 52.7 Å². The molecule has 0 radical (unpaired) electrons. The Balaban J connectivity index is 1.79. The number of carbonyl (C=O) groups excluding carboxylic acids is 1. The van der Waals surface area contributed by atoms with E-state index in [9.17, 15) is 4.79 Å². The second kappa shape index (κ2) is 11.6. The average Bonchev–Trinajstić information content (AvgIpc) is 2.80. The maximum absolute atomic E-state index is 12.4. The summed E-state index contributed by atoms with van der Waals surface area (Å²) in [5.41, 5.74) is 4.81. The summed E-state index contributed by atoms with van der Waals surface area (Å²) in [5.74, 6) is 1.96. The minimum Gasteiger partial charge on any atom is -0.497 e. The van der Waals surface area contributed by atoms with Gasteiger partial charge in [0.1, 0.15) is 11.5 Å². The second-order valence-corrected chi connectivity index (χ2v) is 8.78. The van der Waals surface area contributed by atoms with E-state index in [0.717, 1.165) is 23.5 Å². The Morgan fingerprint density at radius 1 is 0.848 bits per heavy atom. The lowest BCUT2D eigenvalue weighted by molar-refractivity contribution is -0.129. The molecule has 0 unspecified atom stereocenters. The van der Waals surface area contributed by atoms with Gasteiger partial charge in [0.25, 0.3) is 0 Å². The Bertz CT molecular complexity index is 1010. The first kappa shape index (κ1) is 24.4. The lowest BCUT2D eigenvalue weighted by Crippen LogP contribution is -2.30. The van der Waals surface area contributed by atoms with Crippen LogP contribution in [0.25, 0.3) is 0 Å². The molecule has 0 aliphatic rings. The molecule has 1 amide bonds. The van der Waals surface area contributed by atoms with Gasteiger partial charge in [-0.3, -0.25) is 4.79 Å². The van der Waals surface area contributed by atoms with E-state index >= 15 is 0 Å².